The number of benzene rings is 2. The normalized spacial score (nSPS) is 15.8. The van der Waals surface area contributed by atoms with E-state index in [-0.39, 0.29) is 11.9 Å². The average molecular weight is 396 g/mol. The molecule has 2 heterocycles. The lowest BCUT2D eigenvalue weighted by Crippen LogP contribution is -2.30. The molecule has 1 atom stereocenters. The van der Waals surface area contributed by atoms with Crippen molar-refractivity contribution in [2.45, 2.75) is 25.8 Å². The van der Waals surface area contributed by atoms with Crippen LogP contribution in [-0.4, -0.2) is 34.7 Å². The van der Waals surface area contributed by atoms with Crippen LogP contribution >= 0.6 is 11.6 Å². The summed E-state index contributed by atoms with van der Waals surface area (Å²) in [7, 11) is 1.64. The number of aromatic nitrogens is 2. The van der Waals surface area contributed by atoms with Crippen LogP contribution in [0.2, 0.25) is 5.02 Å². The first kappa shape index (κ1) is 18.6. The molecular weight excluding hydrogens is 374 g/mol. The van der Waals surface area contributed by atoms with Gasteiger partial charge in [0.1, 0.15) is 11.4 Å². The Morgan fingerprint density at radius 1 is 1.21 bits per heavy atom. The highest BCUT2D eigenvalue weighted by Gasteiger charge is 2.41. The van der Waals surface area contributed by atoms with E-state index in [4.69, 9.17) is 16.3 Å². The predicted octanol–water partition coefficient (Wildman–Crippen LogP) is 5.08. The summed E-state index contributed by atoms with van der Waals surface area (Å²) in [6.45, 7) is 2.82. The molecule has 3 aromatic rings. The van der Waals surface area contributed by atoms with E-state index in [9.17, 15) is 4.79 Å². The van der Waals surface area contributed by atoms with E-state index in [2.05, 4.69) is 17.1 Å². The molecule has 0 aliphatic carbocycles. The fraction of sp³-hybridized carbons (Fsp3) is 0.273. The maximum absolute atomic E-state index is 13.1. The molecule has 0 saturated heterocycles. The summed E-state index contributed by atoms with van der Waals surface area (Å²) in [5.74, 6) is 0.767. The number of nitrogens with zero attached hydrogens (tertiary/aromatic N) is 2. The number of halogens is 1. The number of nitrogens with one attached hydrogen (secondary N) is 1. The first-order chi connectivity index (χ1) is 13.6. The summed E-state index contributed by atoms with van der Waals surface area (Å²) in [4.78, 5) is 15.0. The van der Waals surface area contributed by atoms with Gasteiger partial charge in [0.15, 0.2) is 0 Å². The van der Waals surface area contributed by atoms with Gasteiger partial charge in [-0.15, -0.1) is 0 Å². The summed E-state index contributed by atoms with van der Waals surface area (Å²) in [6, 6.07) is 15.2. The molecule has 1 aliphatic heterocycles. The fourth-order valence-electron chi connectivity index (χ4n) is 3.75. The molecule has 144 valence electrons. The lowest BCUT2D eigenvalue weighted by atomic mass is 9.96. The molecule has 0 radical (unpaired) electrons. The van der Waals surface area contributed by atoms with Crippen LogP contribution in [0.1, 0.15) is 47.4 Å². The van der Waals surface area contributed by atoms with Crippen LogP contribution in [0.25, 0.3) is 11.3 Å². The zero-order valence-electron chi connectivity index (χ0n) is 15.9. The standard InChI is InChI=1S/C22H22ClN3O2/c1-3-4-12-26-21(15-6-5-7-16(23)13-15)18-19(24-25-20(18)22(26)27)14-8-10-17(28-2)11-9-14/h5-11,13,21H,3-4,12H2,1-2H3,(H,24,25). The molecule has 0 bridgehead atoms. The second kappa shape index (κ2) is 7.68. The van der Waals surface area contributed by atoms with E-state index < -0.39 is 0 Å². The quantitative estimate of drug-likeness (QED) is 0.632. The van der Waals surface area contributed by atoms with Gasteiger partial charge in [-0.25, -0.2) is 0 Å². The molecule has 0 fully saturated rings. The molecule has 2 aromatic carbocycles. The predicted molar refractivity (Wildman–Crippen MR) is 110 cm³/mol. The van der Waals surface area contributed by atoms with Crippen molar-refractivity contribution in [2.24, 2.45) is 0 Å². The molecule has 1 aromatic heterocycles. The molecule has 6 heteroatoms. The molecule has 1 amide bonds. The van der Waals surface area contributed by atoms with Crippen LogP contribution in [-0.2, 0) is 0 Å². The number of hydrogen-bond acceptors (Lipinski definition) is 3. The van der Waals surface area contributed by atoms with Gasteiger partial charge in [0.05, 0.1) is 18.8 Å². The Hall–Kier alpha value is -2.79. The van der Waals surface area contributed by atoms with Crippen molar-refractivity contribution in [2.75, 3.05) is 13.7 Å². The first-order valence-electron chi connectivity index (χ1n) is 9.43. The molecule has 1 N–H and O–H groups in total. The van der Waals surface area contributed by atoms with Gasteiger partial charge in [0.25, 0.3) is 5.91 Å². The number of H-pyrrole nitrogens is 1. The zero-order valence-corrected chi connectivity index (χ0v) is 16.7. The molecule has 5 nitrogen and oxygen atoms in total. The topological polar surface area (TPSA) is 58.2 Å². The van der Waals surface area contributed by atoms with Crippen molar-refractivity contribution >= 4 is 17.5 Å². The van der Waals surface area contributed by atoms with Crippen molar-refractivity contribution in [1.29, 1.82) is 0 Å². The van der Waals surface area contributed by atoms with E-state index in [0.29, 0.717) is 17.3 Å². The van der Waals surface area contributed by atoms with E-state index in [0.717, 1.165) is 41.0 Å². The average Bonchev–Trinajstić information content (AvgIpc) is 3.25. The summed E-state index contributed by atoms with van der Waals surface area (Å²) < 4.78 is 5.26. The minimum Gasteiger partial charge on any atom is -0.497 e. The molecule has 0 saturated carbocycles. The summed E-state index contributed by atoms with van der Waals surface area (Å²) in [5, 5.41) is 8.11. The Morgan fingerprint density at radius 2 is 2.00 bits per heavy atom. The van der Waals surface area contributed by atoms with Gasteiger partial charge < -0.3 is 9.64 Å². The molecule has 4 rings (SSSR count). The van der Waals surface area contributed by atoms with Crippen LogP contribution in [0.3, 0.4) is 0 Å². The number of ether oxygens (including phenoxy) is 1. The number of methoxy groups -OCH3 is 1. The number of carbonyl (C=O) groups excluding carboxylic acids is 1. The number of amides is 1. The number of fused-ring (bicyclic) bond motifs is 1. The Labute approximate surface area is 169 Å². The number of rotatable bonds is 6. The number of aromatic amines is 1. The first-order valence-corrected chi connectivity index (χ1v) is 9.81. The SMILES string of the molecule is CCCCN1C(=O)c2[nH]nc(-c3ccc(OC)cc3)c2C1c1cccc(Cl)c1. The maximum atomic E-state index is 13.1. The highest BCUT2D eigenvalue weighted by molar-refractivity contribution is 6.30. The highest BCUT2D eigenvalue weighted by atomic mass is 35.5. The minimum atomic E-state index is -0.205. The molecule has 1 unspecified atom stereocenters. The Bertz CT molecular complexity index is 997. The number of unbranched alkanes of at least 4 members (excludes halogenated alkanes) is 1. The third-order valence-corrected chi connectivity index (χ3v) is 5.38. The largest absolute Gasteiger partial charge is 0.497 e. The zero-order chi connectivity index (χ0) is 19.7. The van der Waals surface area contributed by atoms with Gasteiger partial charge in [-0.05, 0) is 48.4 Å². The summed E-state index contributed by atoms with van der Waals surface area (Å²) in [5.41, 5.74) is 4.19. The molecular formula is C22H22ClN3O2. The van der Waals surface area contributed by atoms with Crippen LogP contribution in [0.15, 0.2) is 48.5 Å². The smallest absolute Gasteiger partial charge is 0.273 e. The van der Waals surface area contributed by atoms with Gasteiger partial charge in [-0.2, -0.15) is 5.10 Å². The monoisotopic (exact) mass is 395 g/mol. The van der Waals surface area contributed by atoms with Crippen molar-refractivity contribution in [3.63, 3.8) is 0 Å². The van der Waals surface area contributed by atoms with Crippen molar-refractivity contribution < 1.29 is 9.53 Å². The second-order valence-electron chi connectivity index (χ2n) is 6.90. The lowest BCUT2D eigenvalue weighted by Gasteiger charge is -2.26. The van der Waals surface area contributed by atoms with Gasteiger partial charge >= 0.3 is 0 Å². The van der Waals surface area contributed by atoms with Crippen molar-refractivity contribution in [3.8, 4) is 17.0 Å². The Balaban J connectivity index is 1.84. The van der Waals surface area contributed by atoms with Crippen molar-refractivity contribution in [1.82, 2.24) is 15.1 Å². The lowest BCUT2D eigenvalue weighted by molar-refractivity contribution is 0.0741. The third-order valence-electron chi connectivity index (χ3n) is 5.14. The van der Waals surface area contributed by atoms with E-state index >= 15 is 0 Å². The van der Waals surface area contributed by atoms with Crippen LogP contribution in [0.5, 0.6) is 5.75 Å². The Kier molecular flexibility index (Phi) is 5.09. The maximum Gasteiger partial charge on any atom is 0.273 e. The molecule has 0 spiro atoms. The molecule has 1 aliphatic rings. The van der Waals surface area contributed by atoms with Crippen LogP contribution in [0.4, 0.5) is 0 Å². The van der Waals surface area contributed by atoms with E-state index in [1.165, 1.54) is 0 Å². The molecule has 28 heavy (non-hydrogen) atoms. The summed E-state index contributed by atoms with van der Waals surface area (Å²) >= 11 is 6.26. The van der Waals surface area contributed by atoms with Gasteiger partial charge in [0, 0.05) is 22.7 Å². The van der Waals surface area contributed by atoms with Crippen molar-refractivity contribution in [3.05, 3.63) is 70.4 Å². The minimum absolute atomic E-state index is 0.0133. The van der Waals surface area contributed by atoms with Gasteiger partial charge in [0.2, 0.25) is 0 Å². The van der Waals surface area contributed by atoms with Gasteiger partial charge in [-0.1, -0.05) is 37.1 Å². The van der Waals surface area contributed by atoms with E-state index in [1.54, 1.807) is 7.11 Å². The van der Waals surface area contributed by atoms with E-state index in [1.807, 2.05) is 53.4 Å². The fourth-order valence-corrected chi connectivity index (χ4v) is 3.95. The Morgan fingerprint density at radius 3 is 2.68 bits per heavy atom. The summed E-state index contributed by atoms with van der Waals surface area (Å²) in [6.07, 6.45) is 1.96. The number of carbonyl (C=O) groups is 1. The van der Waals surface area contributed by atoms with Crippen LogP contribution < -0.4 is 4.74 Å². The van der Waals surface area contributed by atoms with Crippen LogP contribution in [0, 0.1) is 0 Å². The van der Waals surface area contributed by atoms with Gasteiger partial charge in [-0.3, -0.25) is 9.89 Å². The number of hydrogen-bond donors (Lipinski definition) is 1. The highest BCUT2D eigenvalue weighted by Crippen LogP contribution is 2.43. The second-order valence-corrected chi connectivity index (χ2v) is 7.34. The third kappa shape index (κ3) is 3.16.